The van der Waals surface area contributed by atoms with Gasteiger partial charge in [-0.15, -0.1) is 0 Å². The summed E-state index contributed by atoms with van der Waals surface area (Å²) in [6.45, 7) is 1.82. The van der Waals surface area contributed by atoms with Crippen molar-refractivity contribution < 1.29 is 9.53 Å². The molecule has 2 aliphatic rings. The van der Waals surface area contributed by atoms with Crippen LogP contribution in [0.15, 0.2) is 0 Å². The predicted molar refractivity (Wildman–Crippen MR) is 35.4 cm³/mol. The smallest absolute Gasteiger partial charge is 0.313 e. The second-order valence-electron chi connectivity index (χ2n) is 3.18. The average Bonchev–Trinajstić information content (AvgIpc) is 2.54. The van der Waals surface area contributed by atoms with Crippen LogP contribution in [0.25, 0.3) is 0 Å². The van der Waals surface area contributed by atoms with Crippen LogP contribution < -0.4 is 5.32 Å². The molecule has 3 nitrogen and oxygen atoms in total. The molecular formula is C7H11NO2. The van der Waals surface area contributed by atoms with E-state index in [1.54, 1.807) is 0 Å². The fourth-order valence-corrected chi connectivity index (χ4v) is 1.86. The highest BCUT2D eigenvalue weighted by atomic mass is 16.5. The summed E-state index contributed by atoms with van der Waals surface area (Å²) in [5.74, 6) is 0.544. The Labute approximate surface area is 59.7 Å². The molecule has 1 aliphatic carbocycles. The van der Waals surface area contributed by atoms with E-state index >= 15 is 0 Å². The standard InChI is InChI=1S/C7H11NO2/c1-10-6(9)7-2-5(7)3-8-4-7/h5,8H,2-4H2,1H3/t5-,7+/m0/s1. The molecule has 0 bridgehead atoms. The third-order valence-electron chi connectivity index (χ3n) is 2.66. The topological polar surface area (TPSA) is 38.3 Å². The van der Waals surface area contributed by atoms with E-state index in [2.05, 4.69) is 5.32 Å². The molecule has 2 fully saturated rings. The maximum Gasteiger partial charge on any atom is 0.313 e. The molecule has 0 unspecified atom stereocenters. The van der Waals surface area contributed by atoms with Crippen molar-refractivity contribution in [3.8, 4) is 0 Å². The van der Waals surface area contributed by atoms with Gasteiger partial charge in [0.1, 0.15) is 0 Å². The van der Waals surface area contributed by atoms with Crippen LogP contribution in [0.5, 0.6) is 0 Å². The zero-order chi connectivity index (χ0) is 7.19. The lowest BCUT2D eigenvalue weighted by atomic mass is 10.1. The van der Waals surface area contributed by atoms with Gasteiger partial charge in [-0.3, -0.25) is 4.79 Å². The number of fused-ring (bicyclic) bond motifs is 1. The molecule has 1 saturated carbocycles. The quantitative estimate of drug-likeness (QED) is 0.512. The molecule has 1 saturated heterocycles. The number of piperidine rings is 1. The van der Waals surface area contributed by atoms with E-state index in [0.29, 0.717) is 5.92 Å². The van der Waals surface area contributed by atoms with E-state index in [1.165, 1.54) is 7.11 Å². The minimum atomic E-state index is -0.102. The van der Waals surface area contributed by atoms with Gasteiger partial charge in [0.25, 0.3) is 0 Å². The normalized spacial score (nSPS) is 42.7. The van der Waals surface area contributed by atoms with Gasteiger partial charge in [-0.05, 0) is 18.9 Å². The van der Waals surface area contributed by atoms with Crippen molar-refractivity contribution >= 4 is 5.97 Å². The van der Waals surface area contributed by atoms with Gasteiger partial charge in [0.05, 0.1) is 12.5 Å². The Hall–Kier alpha value is -0.570. The number of rotatable bonds is 1. The third-order valence-corrected chi connectivity index (χ3v) is 2.66. The van der Waals surface area contributed by atoms with Crippen molar-refractivity contribution in [3.63, 3.8) is 0 Å². The molecule has 3 heteroatoms. The van der Waals surface area contributed by atoms with Crippen LogP contribution in [0.3, 0.4) is 0 Å². The highest BCUT2D eigenvalue weighted by Gasteiger charge is 2.63. The van der Waals surface area contributed by atoms with Gasteiger partial charge in [-0.1, -0.05) is 0 Å². The van der Waals surface area contributed by atoms with Crippen LogP contribution in [0, 0.1) is 11.3 Å². The summed E-state index contributed by atoms with van der Waals surface area (Å²) in [7, 11) is 1.46. The maximum atomic E-state index is 11.1. The van der Waals surface area contributed by atoms with Crippen LogP contribution in [-0.4, -0.2) is 26.2 Å². The molecule has 10 heavy (non-hydrogen) atoms. The second kappa shape index (κ2) is 1.72. The van der Waals surface area contributed by atoms with Crippen molar-refractivity contribution in [3.05, 3.63) is 0 Å². The minimum Gasteiger partial charge on any atom is -0.469 e. The zero-order valence-electron chi connectivity index (χ0n) is 6.02. The van der Waals surface area contributed by atoms with Gasteiger partial charge in [0.2, 0.25) is 0 Å². The van der Waals surface area contributed by atoms with Crippen LogP contribution in [-0.2, 0) is 9.53 Å². The molecule has 2 rings (SSSR count). The van der Waals surface area contributed by atoms with E-state index in [9.17, 15) is 4.79 Å². The molecule has 1 N–H and O–H groups in total. The summed E-state index contributed by atoms with van der Waals surface area (Å²) >= 11 is 0. The molecule has 0 spiro atoms. The monoisotopic (exact) mass is 141 g/mol. The lowest BCUT2D eigenvalue weighted by Gasteiger charge is -2.06. The van der Waals surface area contributed by atoms with Crippen LogP contribution in [0.4, 0.5) is 0 Å². The molecule has 0 aromatic carbocycles. The molecule has 0 aromatic rings. The van der Waals surface area contributed by atoms with Crippen LogP contribution in [0.2, 0.25) is 0 Å². The minimum absolute atomic E-state index is 0.0255. The highest BCUT2D eigenvalue weighted by Crippen LogP contribution is 2.55. The summed E-state index contributed by atoms with van der Waals surface area (Å²) in [5, 5.41) is 3.18. The Morgan fingerprint density at radius 3 is 3.00 bits per heavy atom. The largest absolute Gasteiger partial charge is 0.469 e. The molecular weight excluding hydrogens is 130 g/mol. The van der Waals surface area contributed by atoms with Gasteiger partial charge >= 0.3 is 5.97 Å². The van der Waals surface area contributed by atoms with E-state index < -0.39 is 0 Å². The summed E-state index contributed by atoms with van der Waals surface area (Å²) < 4.78 is 4.70. The van der Waals surface area contributed by atoms with Crippen LogP contribution in [0.1, 0.15) is 6.42 Å². The lowest BCUT2D eigenvalue weighted by Crippen LogP contribution is -2.24. The SMILES string of the molecule is COC(=O)[C@]12CNC[C@@H]1C2. The predicted octanol–water partition coefficient (Wildman–Crippen LogP) is -0.231. The summed E-state index contributed by atoms with van der Waals surface area (Å²) in [4.78, 5) is 11.1. The maximum absolute atomic E-state index is 11.1. The van der Waals surface area contributed by atoms with E-state index in [1.807, 2.05) is 0 Å². The number of nitrogens with one attached hydrogen (secondary N) is 1. The Bertz CT molecular complexity index is 180. The van der Waals surface area contributed by atoms with Crippen molar-refractivity contribution in [2.45, 2.75) is 6.42 Å². The van der Waals surface area contributed by atoms with Crippen LogP contribution >= 0.6 is 0 Å². The summed E-state index contributed by atoms with van der Waals surface area (Å²) in [5.41, 5.74) is -0.102. The number of carbonyl (C=O) groups excluding carboxylic acids is 1. The van der Waals surface area contributed by atoms with Gasteiger partial charge in [0.15, 0.2) is 0 Å². The first-order valence-corrected chi connectivity index (χ1v) is 3.59. The Morgan fingerprint density at radius 1 is 1.80 bits per heavy atom. The Kier molecular flexibility index (Phi) is 1.06. The zero-order valence-corrected chi connectivity index (χ0v) is 6.02. The number of esters is 1. The Balaban J connectivity index is 2.11. The highest BCUT2D eigenvalue weighted by molar-refractivity contribution is 5.81. The van der Waals surface area contributed by atoms with Crippen molar-refractivity contribution in [1.82, 2.24) is 5.32 Å². The molecule has 0 amide bonds. The lowest BCUT2D eigenvalue weighted by molar-refractivity contribution is -0.146. The molecule has 0 aromatic heterocycles. The number of methoxy groups -OCH3 is 1. The van der Waals surface area contributed by atoms with Crippen molar-refractivity contribution in [2.75, 3.05) is 20.2 Å². The molecule has 0 radical (unpaired) electrons. The Morgan fingerprint density at radius 2 is 2.60 bits per heavy atom. The van der Waals surface area contributed by atoms with Gasteiger partial charge in [0, 0.05) is 6.54 Å². The first kappa shape index (κ1) is 6.16. The first-order chi connectivity index (χ1) is 4.79. The van der Waals surface area contributed by atoms with E-state index in [-0.39, 0.29) is 11.4 Å². The molecule has 56 valence electrons. The third kappa shape index (κ3) is 0.560. The number of carbonyl (C=O) groups is 1. The molecule has 2 atom stereocenters. The summed E-state index contributed by atoms with van der Waals surface area (Å²) in [6.07, 6.45) is 1.03. The fraction of sp³-hybridized carbons (Fsp3) is 0.857. The van der Waals surface area contributed by atoms with E-state index in [0.717, 1.165) is 19.5 Å². The van der Waals surface area contributed by atoms with Gasteiger partial charge in [-0.25, -0.2) is 0 Å². The van der Waals surface area contributed by atoms with Gasteiger partial charge in [-0.2, -0.15) is 0 Å². The fourth-order valence-electron chi connectivity index (χ4n) is 1.86. The first-order valence-electron chi connectivity index (χ1n) is 3.59. The van der Waals surface area contributed by atoms with E-state index in [4.69, 9.17) is 4.74 Å². The number of hydrogen-bond donors (Lipinski definition) is 1. The second-order valence-corrected chi connectivity index (χ2v) is 3.18. The summed E-state index contributed by atoms with van der Waals surface area (Å²) in [6, 6.07) is 0. The average molecular weight is 141 g/mol. The molecule has 1 heterocycles. The van der Waals surface area contributed by atoms with Crippen molar-refractivity contribution in [1.29, 1.82) is 0 Å². The van der Waals surface area contributed by atoms with Gasteiger partial charge < -0.3 is 10.1 Å². The number of ether oxygens (including phenoxy) is 1. The van der Waals surface area contributed by atoms with Crippen molar-refractivity contribution in [2.24, 2.45) is 11.3 Å². The number of hydrogen-bond acceptors (Lipinski definition) is 3. The molecule has 1 aliphatic heterocycles.